The van der Waals surface area contributed by atoms with Crippen molar-refractivity contribution in [3.8, 4) is 0 Å². The van der Waals surface area contributed by atoms with Gasteiger partial charge in [0, 0.05) is 17.3 Å². The number of nitrogens with zero attached hydrogens (tertiary/aromatic N) is 1. The van der Waals surface area contributed by atoms with E-state index in [-0.39, 0.29) is 16.7 Å². The van der Waals surface area contributed by atoms with Crippen LogP contribution in [0.2, 0.25) is 0 Å². The van der Waals surface area contributed by atoms with Crippen LogP contribution in [0, 0.1) is 12.8 Å². The highest BCUT2D eigenvalue weighted by atomic mass is 32.2. The number of benzene rings is 1. The van der Waals surface area contributed by atoms with Crippen LogP contribution in [0.4, 0.5) is 5.69 Å². The number of nitrogens with one attached hydrogen (secondary N) is 2. The molecule has 3 aromatic rings. The minimum Gasteiger partial charge on any atom is -0.354 e. The van der Waals surface area contributed by atoms with Crippen molar-refractivity contribution in [2.45, 2.75) is 31.1 Å². The largest absolute Gasteiger partial charge is 0.354 e. The van der Waals surface area contributed by atoms with Crippen molar-refractivity contribution >= 4 is 45.1 Å². The first kappa shape index (κ1) is 21.5. The topological polar surface area (TPSA) is 101 Å². The van der Waals surface area contributed by atoms with Crippen molar-refractivity contribution in [1.29, 1.82) is 0 Å². The smallest absolute Gasteiger partial charge is 0.240 e. The average Bonchev–Trinajstić information content (AvgIpc) is 3.39. The van der Waals surface area contributed by atoms with Gasteiger partial charge in [-0.05, 0) is 61.4 Å². The number of aryl methyl sites for hydroxylation is 1. The summed E-state index contributed by atoms with van der Waals surface area (Å²) in [4.78, 5) is 13.4. The lowest BCUT2D eigenvalue weighted by Gasteiger charge is -2.06. The molecule has 1 aliphatic carbocycles. The zero-order valence-corrected chi connectivity index (χ0v) is 18.6. The molecule has 0 atom stereocenters. The Morgan fingerprint density at radius 3 is 2.68 bits per heavy atom. The van der Waals surface area contributed by atoms with E-state index in [0.29, 0.717) is 30.1 Å². The van der Waals surface area contributed by atoms with E-state index in [2.05, 4.69) is 15.2 Å². The summed E-state index contributed by atoms with van der Waals surface area (Å²) in [5, 5.41) is 8.78. The fourth-order valence-corrected chi connectivity index (χ4v) is 4.74. The van der Waals surface area contributed by atoms with Crippen molar-refractivity contribution in [2.75, 3.05) is 11.9 Å². The zero-order chi connectivity index (χ0) is 21.8. The molecule has 1 aliphatic rings. The lowest BCUT2D eigenvalue weighted by molar-refractivity contribution is -0.117. The predicted octanol–water partition coefficient (Wildman–Crippen LogP) is 4.08. The number of hydrogen-bond acceptors (Lipinski definition) is 6. The molecule has 0 radical (unpaired) electrons. The number of aromatic nitrogens is 1. The van der Waals surface area contributed by atoms with Crippen molar-refractivity contribution in [3.63, 3.8) is 0 Å². The van der Waals surface area contributed by atoms with Crippen LogP contribution in [0.3, 0.4) is 0 Å². The number of carbonyl (C=O) groups is 1. The molecule has 162 valence electrons. The van der Waals surface area contributed by atoms with Gasteiger partial charge in [0.2, 0.25) is 15.9 Å². The Balaban J connectivity index is 1.39. The Hall–Kier alpha value is -2.75. The molecule has 2 heterocycles. The zero-order valence-electron chi connectivity index (χ0n) is 17.0. The molecular weight excluding hydrogens is 434 g/mol. The molecule has 0 saturated heterocycles. The van der Waals surface area contributed by atoms with Crippen LogP contribution >= 0.6 is 11.3 Å². The van der Waals surface area contributed by atoms with E-state index >= 15 is 0 Å². The Bertz CT molecular complexity index is 1180. The number of amides is 1. The average molecular weight is 458 g/mol. The van der Waals surface area contributed by atoms with Crippen LogP contribution in [0.5, 0.6) is 0 Å². The normalized spacial score (nSPS) is 14.2. The number of thiophene rings is 1. The van der Waals surface area contributed by atoms with Crippen LogP contribution in [-0.2, 0) is 21.2 Å². The van der Waals surface area contributed by atoms with Gasteiger partial charge in [-0.1, -0.05) is 29.4 Å². The van der Waals surface area contributed by atoms with Crippen molar-refractivity contribution < 1.29 is 17.7 Å². The second-order valence-electron chi connectivity index (χ2n) is 7.40. The van der Waals surface area contributed by atoms with E-state index in [1.54, 1.807) is 54.7 Å². The maximum Gasteiger partial charge on any atom is 0.240 e. The lowest BCUT2D eigenvalue weighted by atomic mass is 10.2. The van der Waals surface area contributed by atoms with Crippen LogP contribution in [0.1, 0.15) is 34.7 Å². The molecule has 1 amide bonds. The van der Waals surface area contributed by atoms with Gasteiger partial charge in [0.1, 0.15) is 11.4 Å². The van der Waals surface area contributed by atoms with Gasteiger partial charge in [0.15, 0.2) is 5.76 Å². The van der Waals surface area contributed by atoms with Crippen LogP contribution < -0.4 is 10.0 Å². The molecule has 2 N–H and O–H groups in total. The fraction of sp³-hybridized carbons (Fsp3) is 0.273. The van der Waals surface area contributed by atoms with E-state index in [4.69, 9.17) is 4.52 Å². The second kappa shape index (κ2) is 9.17. The number of anilines is 1. The van der Waals surface area contributed by atoms with Crippen LogP contribution in [-0.4, -0.2) is 26.0 Å². The molecule has 1 saturated carbocycles. The monoisotopic (exact) mass is 457 g/mol. The highest BCUT2D eigenvalue weighted by Crippen LogP contribution is 2.32. The molecule has 0 aliphatic heterocycles. The summed E-state index contributed by atoms with van der Waals surface area (Å²) in [6, 6.07) is 10.5. The Morgan fingerprint density at radius 2 is 2.00 bits per heavy atom. The third-order valence-corrected chi connectivity index (χ3v) is 7.36. The number of rotatable bonds is 9. The van der Waals surface area contributed by atoms with Crippen molar-refractivity contribution in [1.82, 2.24) is 9.88 Å². The van der Waals surface area contributed by atoms with E-state index in [1.807, 2.05) is 17.5 Å². The van der Waals surface area contributed by atoms with E-state index in [0.717, 1.165) is 23.3 Å². The first-order valence-electron chi connectivity index (χ1n) is 10.00. The van der Waals surface area contributed by atoms with Gasteiger partial charge < -0.3 is 9.84 Å². The van der Waals surface area contributed by atoms with E-state index < -0.39 is 10.0 Å². The summed E-state index contributed by atoms with van der Waals surface area (Å²) in [6.45, 7) is 2.12. The lowest BCUT2D eigenvalue weighted by Crippen LogP contribution is -2.25. The predicted molar refractivity (Wildman–Crippen MR) is 121 cm³/mol. The SMILES string of the molecule is Cc1noc(C=Cc2ccc(S(=O)(=O)NCCc3cccs3)cc2)c1NC(=O)C1CC1. The van der Waals surface area contributed by atoms with Crippen LogP contribution in [0.15, 0.2) is 51.2 Å². The van der Waals surface area contributed by atoms with Crippen LogP contribution in [0.25, 0.3) is 12.2 Å². The maximum atomic E-state index is 12.5. The summed E-state index contributed by atoms with van der Waals surface area (Å²) < 4.78 is 32.9. The van der Waals surface area contributed by atoms with E-state index in [1.165, 1.54) is 0 Å². The molecule has 0 unspecified atom stereocenters. The van der Waals surface area contributed by atoms with Gasteiger partial charge in [0.05, 0.1) is 4.90 Å². The number of sulfonamides is 1. The molecule has 9 heteroatoms. The number of carbonyl (C=O) groups excluding carboxylic acids is 1. The Labute approximate surface area is 185 Å². The third-order valence-electron chi connectivity index (χ3n) is 4.95. The van der Waals surface area contributed by atoms with Gasteiger partial charge in [0.25, 0.3) is 0 Å². The molecule has 7 nitrogen and oxygen atoms in total. The fourth-order valence-electron chi connectivity index (χ4n) is 3.00. The summed E-state index contributed by atoms with van der Waals surface area (Å²) in [6.07, 6.45) is 5.99. The molecular formula is C22H23N3O4S2. The highest BCUT2D eigenvalue weighted by Gasteiger charge is 2.30. The molecule has 4 rings (SSSR count). The Kier molecular flexibility index (Phi) is 6.35. The molecule has 2 aromatic heterocycles. The molecule has 31 heavy (non-hydrogen) atoms. The standard InChI is InChI=1S/C22H23N3O4S2/c1-15-21(24-22(26)17-7-8-17)20(29-25-15)11-6-16-4-9-19(10-5-16)31(27,28)23-13-12-18-3-2-14-30-18/h2-6,9-11,14,17,23H,7-8,12-13H2,1H3,(H,24,26). The molecule has 1 fully saturated rings. The highest BCUT2D eigenvalue weighted by molar-refractivity contribution is 7.89. The van der Waals surface area contributed by atoms with Gasteiger partial charge >= 0.3 is 0 Å². The Morgan fingerprint density at radius 1 is 1.23 bits per heavy atom. The van der Waals surface area contributed by atoms with Gasteiger partial charge in [-0.15, -0.1) is 11.3 Å². The summed E-state index contributed by atoms with van der Waals surface area (Å²) in [5.74, 6) is 0.528. The maximum absolute atomic E-state index is 12.5. The third kappa shape index (κ3) is 5.49. The summed E-state index contributed by atoms with van der Waals surface area (Å²) >= 11 is 1.61. The molecule has 0 bridgehead atoms. The van der Waals surface area contributed by atoms with Gasteiger partial charge in [-0.2, -0.15) is 0 Å². The molecule has 0 spiro atoms. The minimum atomic E-state index is -3.56. The first-order valence-corrected chi connectivity index (χ1v) is 12.4. The summed E-state index contributed by atoms with van der Waals surface area (Å²) in [5.41, 5.74) is 1.98. The second-order valence-corrected chi connectivity index (χ2v) is 10.2. The first-order chi connectivity index (χ1) is 14.9. The van der Waals surface area contributed by atoms with E-state index in [9.17, 15) is 13.2 Å². The van der Waals surface area contributed by atoms with Gasteiger partial charge in [-0.25, -0.2) is 13.1 Å². The quantitative estimate of drug-likeness (QED) is 0.504. The number of hydrogen-bond donors (Lipinski definition) is 2. The van der Waals surface area contributed by atoms with Crippen molar-refractivity contribution in [2.24, 2.45) is 5.92 Å². The minimum absolute atomic E-state index is 0.0120. The van der Waals surface area contributed by atoms with Gasteiger partial charge in [-0.3, -0.25) is 4.79 Å². The summed E-state index contributed by atoms with van der Waals surface area (Å²) in [7, 11) is -3.56. The van der Waals surface area contributed by atoms with Crippen molar-refractivity contribution in [3.05, 3.63) is 63.7 Å². The molecule has 1 aromatic carbocycles.